The molecule has 7 heteroatoms. The van der Waals surface area contributed by atoms with E-state index in [4.69, 9.17) is 5.21 Å². The molecule has 0 saturated heterocycles. The van der Waals surface area contributed by atoms with E-state index in [-0.39, 0.29) is 11.0 Å². The van der Waals surface area contributed by atoms with E-state index in [1.54, 1.807) is 12.1 Å². The van der Waals surface area contributed by atoms with Gasteiger partial charge in [0.25, 0.3) is 11.8 Å². The summed E-state index contributed by atoms with van der Waals surface area (Å²) in [6, 6.07) is 4.68. The largest absolute Gasteiger partial charge is 0.340 e. The van der Waals surface area contributed by atoms with Gasteiger partial charge in [0.1, 0.15) is 6.04 Å². The summed E-state index contributed by atoms with van der Waals surface area (Å²) in [6.07, 6.45) is -2.84. The SMILES string of the molecule is CC(C(F)F)C(NC(=O)c1ccc(C#CC(C)(C)C)cc1)C(=O)NO. The maximum atomic E-state index is 12.8. The quantitative estimate of drug-likeness (QED) is 0.433. The summed E-state index contributed by atoms with van der Waals surface area (Å²) in [5.74, 6) is 2.76. The molecule has 0 heterocycles. The Hall–Kier alpha value is -2.46. The Morgan fingerprint density at radius 3 is 2.16 bits per heavy atom. The molecular weight excluding hydrogens is 330 g/mol. The lowest BCUT2D eigenvalue weighted by Gasteiger charge is -2.22. The second-order valence-electron chi connectivity index (χ2n) is 6.70. The Labute approximate surface area is 145 Å². The molecule has 0 saturated carbocycles. The van der Waals surface area contributed by atoms with Crippen molar-refractivity contribution < 1.29 is 23.6 Å². The number of halogens is 2. The van der Waals surface area contributed by atoms with Crippen molar-refractivity contribution in [3.8, 4) is 11.8 Å². The molecule has 1 rings (SSSR count). The maximum Gasteiger partial charge on any atom is 0.266 e. The van der Waals surface area contributed by atoms with Crippen molar-refractivity contribution in [1.29, 1.82) is 0 Å². The van der Waals surface area contributed by atoms with Crippen molar-refractivity contribution in [1.82, 2.24) is 10.8 Å². The summed E-state index contributed by atoms with van der Waals surface area (Å²) in [5.41, 5.74) is 2.03. The molecule has 0 aromatic heterocycles. The number of carbonyl (C=O) groups excluding carboxylic acids is 2. The third kappa shape index (κ3) is 6.51. The summed E-state index contributed by atoms with van der Waals surface area (Å²) >= 11 is 0. The minimum Gasteiger partial charge on any atom is -0.340 e. The number of hydrogen-bond donors (Lipinski definition) is 3. The highest BCUT2D eigenvalue weighted by molar-refractivity contribution is 5.97. The van der Waals surface area contributed by atoms with Crippen LogP contribution in [0.15, 0.2) is 24.3 Å². The number of rotatable bonds is 5. The van der Waals surface area contributed by atoms with Gasteiger partial charge in [-0.25, -0.2) is 14.3 Å². The zero-order valence-corrected chi connectivity index (χ0v) is 14.6. The molecule has 3 N–H and O–H groups in total. The highest BCUT2D eigenvalue weighted by Gasteiger charge is 2.32. The van der Waals surface area contributed by atoms with Gasteiger partial charge in [0, 0.05) is 22.5 Å². The summed E-state index contributed by atoms with van der Waals surface area (Å²) in [7, 11) is 0. The lowest BCUT2D eigenvalue weighted by atomic mass is 9.97. The first-order valence-electron chi connectivity index (χ1n) is 7.71. The van der Waals surface area contributed by atoms with Crippen LogP contribution in [0, 0.1) is 23.2 Å². The van der Waals surface area contributed by atoms with Gasteiger partial charge in [0.05, 0.1) is 0 Å². The van der Waals surface area contributed by atoms with Crippen LogP contribution in [0.2, 0.25) is 0 Å². The fraction of sp³-hybridized carbons (Fsp3) is 0.444. The molecule has 2 atom stereocenters. The van der Waals surface area contributed by atoms with Crippen molar-refractivity contribution in [2.45, 2.75) is 40.2 Å². The van der Waals surface area contributed by atoms with Crippen molar-refractivity contribution in [2.75, 3.05) is 0 Å². The van der Waals surface area contributed by atoms with Gasteiger partial charge in [-0.15, -0.1) is 0 Å². The van der Waals surface area contributed by atoms with Gasteiger partial charge in [-0.2, -0.15) is 0 Å². The molecule has 0 aliphatic rings. The van der Waals surface area contributed by atoms with E-state index < -0.39 is 30.2 Å². The van der Waals surface area contributed by atoms with Crippen LogP contribution in [-0.2, 0) is 4.79 Å². The Balaban J connectivity index is 2.91. The van der Waals surface area contributed by atoms with Gasteiger partial charge in [-0.1, -0.05) is 18.8 Å². The minimum absolute atomic E-state index is 0.160. The topological polar surface area (TPSA) is 78.4 Å². The van der Waals surface area contributed by atoms with Crippen LogP contribution in [0.5, 0.6) is 0 Å². The predicted octanol–water partition coefficient (Wildman–Crippen LogP) is 2.59. The number of benzene rings is 1. The van der Waals surface area contributed by atoms with Crippen LogP contribution < -0.4 is 10.8 Å². The first kappa shape index (κ1) is 20.6. The molecule has 1 aromatic rings. The number of hydroxylamine groups is 1. The Morgan fingerprint density at radius 2 is 1.72 bits per heavy atom. The van der Waals surface area contributed by atoms with E-state index in [1.807, 2.05) is 20.8 Å². The number of carbonyl (C=O) groups is 2. The fourth-order valence-electron chi connectivity index (χ4n) is 1.84. The number of alkyl halides is 2. The van der Waals surface area contributed by atoms with E-state index >= 15 is 0 Å². The van der Waals surface area contributed by atoms with Gasteiger partial charge in [0.15, 0.2) is 0 Å². The molecular formula is C18H22F2N2O3. The normalized spacial score (nSPS) is 13.4. The van der Waals surface area contributed by atoms with Crippen molar-refractivity contribution in [2.24, 2.45) is 11.3 Å². The molecule has 1 aromatic carbocycles. The third-order valence-corrected chi connectivity index (χ3v) is 3.33. The molecule has 0 aliphatic carbocycles. The fourth-order valence-corrected chi connectivity index (χ4v) is 1.84. The van der Waals surface area contributed by atoms with Gasteiger partial charge in [0.2, 0.25) is 6.43 Å². The van der Waals surface area contributed by atoms with Gasteiger partial charge >= 0.3 is 0 Å². The van der Waals surface area contributed by atoms with Gasteiger partial charge < -0.3 is 5.32 Å². The summed E-state index contributed by atoms with van der Waals surface area (Å²) < 4.78 is 25.7. The van der Waals surface area contributed by atoms with E-state index in [1.165, 1.54) is 17.6 Å². The standard InChI is InChI=1S/C18H22F2N2O3/c1-11(15(19)20)14(17(24)22-25)21-16(23)13-7-5-12(6-8-13)9-10-18(2,3)4/h5-8,11,14-15,25H,1-4H3,(H,21,23)(H,22,24). The highest BCUT2D eigenvalue weighted by Crippen LogP contribution is 2.15. The second kappa shape index (κ2) is 8.58. The van der Waals surface area contributed by atoms with Crippen LogP contribution in [-0.4, -0.2) is 29.5 Å². The van der Waals surface area contributed by atoms with E-state index in [9.17, 15) is 18.4 Å². The zero-order valence-electron chi connectivity index (χ0n) is 14.6. The Kier molecular flexibility index (Phi) is 7.07. The van der Waals surface area contributed by atoms with Crippen molar-refractivity contribution in [3.05, 3.63) is 35.4 Å². The van der Waals surface area contributed by atoms with Crippen LogP contribution in [0.1, 0.15) is 43.6 Å². The van der Waals surface area contributed by atoms with Crippen LogP contribution >= 0.6 is 0 Å². The average molecular weight is 352 g/mol. The van der Waals surface area contributed by atoms with Crippen LogP contribution in [0.25, 0.3) is 0 Å². The molecule has 2 unspecified atom stereocenters. The molecule has 0 aliphatic heterocycles. The molecule has 0 bridgehead atoms. The lowest BCUT2D eigenvalue weighted by molar-refractivity contribution is -0.134. The van der Waals surface area contributed by atoms with Crippen LogP contribution in [0.4, 0.5) is 8.78 Å². The Morgan fingerprint density at radius 1 is 1.16 bits per heavy atom. The highest BCUT2D eigenvalue weighted by atomic mass is 19.3. The van der Waals surface area contributed by atoms with Crippen LogP contribution in [0.3, 0.4) is 0 Å². The zero-order chi connectivity index (χ0) is 19.2. The number of hydrogen-bond acceptors (Lipinski definition) is 3. The average Bonchev–Trinajstić information content (AvgIpc) is 2.56. The smallest absolute Gasteiger partial charge is 0.266 e. The first-order valence-corrected chi connectivity index (χ1v) is 7.71. The molecule has 0 radical (unpaired) electrons. The van der Waals surface area contributed by atoms with Crippen molar-refractivity contribution >= 4 is 11.8 Å². The third-order valence-electron chi connectivity index (χ3n) is 3.33. The van der Waals surface area contributed by atoms with E-state index in [0.29, 0.717) is 5.56 Å². The summed E-state index contributed by atoms with van der Waals surface area (Å²) in [5, 5.41) is 10.9. The van der Waals surface area contributed by atoms with E-state index in [0.717, 1.165) is 6.92 Å². The maximum absolute atomic E-state index is 12.8. The minimum atomic E-state index is -2.84. The molecule has 2 amide bonds. The first-order chi connectivity index (χ1) is 11.5. The molecule has 5 nitrogen and oxygen atoms in total. The lowest BCUT2D eigenvalue weighted by Crippen LogP contribution is -2.51. The summed E-state index contributed by atoms with van der Waals surface area (Å²) in [4.78, 5) is 23.7. The number of amides is 2. The molecule has 25 heavy (non-hydrogen) atoms. The number of nitrogens with one attached hydrogen (secondary N) is 2. The van der Waals surface area contributed by atoms with Gasteiger partial charge in [-0.05, 0) is 45.0 Å². The summed E-state index contributed by atoms with van der Waals surface area (Å²) in [6.45, 7) is 7.02. The van der Waals surface area contributed by atoms with Gasteiger partial charge in [-0.3, -0.25) is 14.8 Å². The van der Waals surface area contributed by atoms with E-state index in [2.05, 4.69) is 17.2 Å². The molecule has 136 valence electrons. The predicted molar refractivity (Wildman–Crippen MR) is 89.1 cm³/mol. The second-order valence-corrected chi connectivity index (χ2v) is 6.70. The molecule has 0 fully saturated rings. The monoisotopic (exact) mass is 352 g/mol. The Bertz CT molecular complexity index is 670. The van der Waals surface area contributed by atoms with Crippen molar-refractivity contribution in [3.63, 3.8) is 0 Å². The molecule has 0 spiro atoms.